The maximum atomic E-state index is 14.0. The van der Waals surface area contributed by atoms with Gasteiger partial charge in [0.1, 0.15) is 23.3 Å². The van der Waals surface area contributed by atoms with Crippen LogP contribution >= 0.6 is 7.60 Å². The SMILES string of the molecule is CO[C@H]1CCN(c2cc(C(=O)N[C@@H](CP3(=O)OCc4cccc(C)c4O3)C(=O)N3CCN(C(=O)O)CC3)nc(-c3ccccc3)n2)C1. The highest BCUT2D eigenvalue weighted by molar-refractivity contribution is 7.54. The summed E-state index contributed by atoms with van der Waals surface area (Å²) in [6, 6.07) is 15.0. The van der Waals surface area contributed by atoms with E-state index >= 15 is 0 Å². The third-order valence-electron chi connectivity index (χ3n) is 8.59. The predicted octanol–water partition coefficient (Wildman–Crippen LogP) is 3.40. The van der Waals surface area contributed by atoms with Crippen LogP contribution in [-0.2, 0) is 25.2 Å². The smallest absolute Gasteiger partial charge is 0.407 e. The van der Waals surface area contributed by atoms with Crippen molar-refractivity contribution in [2.75, 3.05) is 57.4 Å². The number of nitrogens with one attached hydrogen (secondary N) is 1. The van der Waals surface area contributed by atoms with Crippen molar-refractivity contribution >= 4 is 31.3 Å². The van der Waals surface area contributed by atoms with Crippen LogP contribution in [0.4, 0.5) is 10.6 Å². The number of benzene rings is 2. The molecule has 248 valence electrons. The summed E-state index contributed by atoms with van der Waals surface area (Å²) in [5.74, 6) is 0.107. The standard InChI is InChI=1S/C32H37N6O8P/c1-21-7-6-10-23-19-45-47(43,46-28(21)23)20-26(31(40)36-13-15-37(16-14-36)32(41)42)34-30(39)25-17-27(38-12-11-24(18-38)44-2)35-29(33-25)22-8-4-3-5-9-22/h3-10,17,24,26H,11-16,18-20H2,1-2H3,(H,34,39)(H,41,42)/t24-,26-,47?/m0/s1. The molecule has 2 N–H and O–H groups in total. The van der Waals surface area contributed by atoms with Gasteiger partial charge in [0.25, 0.3) is 5.91 Å². The lowest BCUT2D eigenvalue weighted by atomic mass is 10.1. The molecule has 3 aliphatic rings. The van der Waals surface area contributed by atoms with Crippen LogP contribution in [0.15, 0.2) is 54.6 Å². The molecule has 0 spiro atoms. The van der Waals surface area contributed by atoms with Crippen LogP contribution in [0.5, 0.6) is 5.75 Å². The van der Waals surface area contributed by atoms with E-state index in [0.29, 0.717) is 36.0 Å². The average Bonchev–Trinajstić information content (AvgIpc) is 3.58. The number of hydrogen-bond donors (Lipinski definition) is 2. The van der Waals surface area contributed by atoms with Gasteiger partial charge in [-0.3, -0.25) is 14.1 Å². The highest BCUT2D eigenvalue weighted by atomic mass is 31.2. The Bertz CT molecular complexity index is 1700. The Hall–Kier alpha value is -4.52. The molecule has 0 bridgehead atoms. The molecule has 4 heterocycles. The summed E-state index contributed by atoms with van der Waals surface area (Å²) in [4.78, 5) is 53.4. The lowest BCUT2D eigenvalue weighted by Gasteiger charge is -2.36. The Morgan fingerprint density at radius 2 is 1.79 bits per heavy atom. The van der Waals surface area contributed by atoms with Crippen LogP contribution in [0.3, 0.4) is 0 Å². The number of aryl methyl sites for hydroxylation is 1. The number of ether oxygens (including phenoxy) is 1. The largest absolute Gasteiger partial charge is 0.465 e. The lowest BCUT2D eigenvalue weighted by Crippen LogP contribution is -2.56. The molecule has 0 saturated carbocycles. The Balaban J connectivity index is 1.30. The highest BCUT2D eigenvalue weighted by Gasteiger charge is 2.41. The highest BCUT2D eigenvalue weighted by Crippen LogP contribution is 2.54. The van der Waals surface area contributed by atoms with Gasteiger partial charge >= 0.3 is 13.7 Å². The van der Waals surface area contributed by atoms with Gasteiger partial charge in [0, 0.05) is 63.6 Å². The van der Waals surface area contributed by atoms with Crippen LogP contribution in [-0.4, -0.2) is 107 Å². The molecule has 2 aromatic carbocycles. The molecule has 0 aliphatic carbocycles. The first-order valence-electron chi connectivity index (χ1n) is 15.4. The molecule has 47 heavy (non-hydrogen) atoms. The Labute approximate surface area is 272 Å². The van der Waals surface area contributed by atoms with E-state index in [4.69, 9.17) is 18.8 Å². The fraction of sp³-hybridized carbons (Fsp3) is 0.406. The van der Waals surface area contributed by atoms with E-state index in [1.807, 2.05) is 60.4 Å². The van der Waals surface area contributed by atoms with Crippen molar-refractivity contribution in [3.05, 3.63) is 71.4 Å². The topological polar surface area (TPSA) is 164 Å². The van der Waals surface area contributed by atoms with Crippen molar-refractivity contribution in [3.63, 3.8) is 0 Å². The zero-order valence-corrected chi connectivity index (χ0v) is 27.1. The summed E-state index contributed by atoms with van der Waals surface area (Å²) >= 11 is 0. The van der Waals surface area contributed by atoms with Gasteiger partial charge in [-0.05, 0) is 18.9 Å². The number of rotatable bonds is 8. The summed E-state index contributed by atoms with van der Waals surface area (Å²) in [5, 5.41) is 12.1. The summed E-state index contributed by atoms with van der Waals surface area (Å²) in [7, 11) is -2.27. The number of hydrogen-bond acceptors (Lipinski definition) is 10. The van der Waals surface area contributed by atoms with E-state index in [2.05, 4.69) is 10.3 Å². The van der Waals surface area contributed by atoms with E-state index < -0.39 is 37.7 Å². The second kappa shape index (κ2) is 13.7. The molecule has 0 radical (unpaired) electrons. The fourth-order valence-corrected chi connectivity index (χ4v) is 7.72. The molecular formula is C32H37N6O8P. The molecule has 3 aliphatic heterocycles. The summed E-state index contributed by atoms with van der Waals surface area (Å²) in [6.07, 6.45) is -0.692. The van der Waals surface area contributed by atoms with Gasteiger partial charge in [-0.25, -0.2) is 19.3 Å². The van der Waals surface area contributed by atoms with Crippen molar-refractivity contribution in [2.45, 2.75) is 32.1 Å². The maximum Gasteiger partial charge on any atom is 0.407 e. The number of carboxylic acid groups (broad SMARTS) is 1. The average molecular weight is 665 g/mol. The number of amides is 3. The number of fused-ring (bicyclic) bond motifs is 1. The molecule has 3 amide bonds. The van der Waals surface area contributed by atoms with Crippen LogP contribution in [0.25, 0.3) is 11.4 Å². The van der Waals surface area contributed by atoms with Crippen LogP contribution in [0, 0.1) is 6.92 Å². The molecule has 3 aromatic rings. The molecular weight excluding hydrogens is 627 g/mol. The Morgan fingerprint density at radius 1 is 1.04 bits per heavy atom. The Kier molecular flexibility index (Phi) is 9.44. The number of methoxy groups -OCH3 is 1. The van der Waals surface area contributed by atoms with E-state index in [0.717, 1.165) is 17.5 Å². The number of piperazine rings is 1. The number of anilines is 1. The van der Waals surface area contributed by atoms with Crippen LogP contribution < -0.4 is 14.7 Å². The summed E-state index contributed by atoms with van der Waals surface area (Å²) in [6.45, 7) is 3.53. The normalized spacial score (nSPS) is 21.5. The van der Waals surface area contributed by atoms with Gasteiger partial charge in [0.05, 0.1) is 18.9 Å². The van der Waals surface area contributed by atoms with E-state index in [1.165, 1.54) is 9.80 Å². The van der Waals surface area contributed by atoms with E-state index in [9.17, 15) is 24.1 Å². The minimum atomic E-state index is -3.93. The van der Waals surface area contributed by atoms with Crippen molar-refractivity contribution in [3.8, 4) is 17.1 Å². The second-order valence-electron chi connectivity index (χ2n) is 11.7. The molecule has 2 saturated heterocycles. The number of carbonyl (C=O) groups is 3. The summed E-state index contributed by atoms with van der Waals surface area (Å²) in [5.41, 5.74) is 2.22. The number of carbonyl (C=O) groups excluding carboxylic acids is 2. The van der Waals surface area contributed by atoms with Crippen LogP contribution in [0.2, 0.25) is 0 Å². The van der Waals surface area contributed by atoms with Crippen molar-refractivity contribution in [1.29, 1.82) is 0 Å². The molecule has 1 unspecified atom stereocenters. The maximum absolute atomic E-state index is 14.0. The quantitative estimate of drug-likeness (QED) is 0.339. The van der Waals surface area contributed by atoms with Crippen molar-refractivity contribution in [2.24, 2.45) is 0 Å². The third kappa shape index (κ3) is 7.24. The summed E-state index contributed by atoms with van der Waals surface area (Å²) < 4.78 is 31.2. The van der Waals surface area contributed by atoms with Gasteiger partial charge in [-0.1, -0.05) is 48.5 Å². The zero-order valence-electron chi connectivity index (χ0n) is 26.2. The monoisotopic (exact) mass is 664 g/mol. The van der Waals surface area contributed by atoms with Gasteiger partial charge in [-0.2, -0.15) is 0 Å². The molecule has 6 rings (SSSR count). The molecule has 2 fully saturated rings. The fourth-order valence-electron chi connectivity index (χ4n) is 5.92. The second-order valence-corrected chi connectivity index (χ2v) is 13.8. The number of aromatic nitrogens is 2. The van der Waals surface area contributed by atoms with Crippen molar-refractivity contribution < 1.29 is 37.8 Å². The molecule has 15 heteroatoms. The molecule has 1 aromatic heterocycles. The van der Waals surface area contributed by atoms with E-state index in [1.54, 1.807) is 13.2 Å². The minimum absolute atomic E-state index is 0.0208. The lowest BCUT2D eigenvalue weighted by molar-refractivity contribution is -0.134. The number of para-hydroxylation sites is 1. The molecule has 14 nitrogen and oxygen atoms in total. The van der Waals surface area contributed by atoms with Crippen molar-refractivity contribution in [1.82, 2.24) is 25.1 Å². The van der Waals surface area contributed by atoms with Crippen LogP contribution in [0.1, 0.15) is 28.0 Å². The third-order valence-corrected chi connectivity index (χ3v) is 10.4. The van der Waals surface area contributed by atoms with Gasteiger partial charge < -0.3 is 34.4 Å². The number of nitrogens with zero attached hydrogens (tertiary/aromatic N) is 5. The van der Waals surface area contributed by atoms with E-state index in [-0.39, 0.29) is 44.6 Å². The first kappa shape index (κ1) is 32.4. The minimum Gasteiger partial charge on any atom is -0.465 e. The molecule has 3 atom stereocenters. The van der Waals surface area contributed by atoms with Gasteiger partial charge in [0.2, 0.25) is 5.91 Å². The first-order chi connectivity index (χ1) is 22.6. The first-order valence-corrected chi connectivity index (χ1v) is 17.2. The van der Waals surface area contributed by atoms with Gasteiger partial charge in [0.15, 0.2) is 5.82 Å². The predicted molar refractivity (Wildman–Crippen MR) is 172 cm³/mol. The van der Waals surface area contributed by atoms with Gasteiger partial charge in [-0.15, -0.1) is 0 Å². The zero-order chi connectivity index (χ0) is 33.1. The Morgan fingerprint density at radius 3 is 2.49 bits per heavy atom.